The molecular weight excluding hydrogens is 745 g/mol. The third kappa shape index (κ3) is 8.49. The number of aromatic nitrogens is 1. The third-order valence-corrected chi connectivity index (χ3v) is 10.9. The molecule has 0 saturated carbocycles. The molecule has 0 fully saturated rings. The van der Waals surface area contributed by atoms with Crippen LogP contribution in [0.1, 0.15) is 65.1 Å². The number of hydrogen-bond donors (Lipinski definition) is 2. The number of aliphatic carboxylic acids is 1. The van der Waals surface area contributed by atoms with E-state index in [0.29, 0.717) is 37.9 Å². The summed E-state index contributed by atoms with van der Waals surface area (Å²) in [4.78, 5) is 16.5. The van der Waals surface area contributed by atoms with Gasteiger partial charge in [-0.2, -0.15) is 15.5 Å². The van der Waals surface area contributed by atoms with Crippen LogP contribution in [0.15, 0.2) is 78.9 Å². The van der Waals surface area contributed by atoms with Crippen molar-refractivity contribution in [1.29, 1.82) is 10.5 Å². The second-order valence-electron chi connectivity index (χ2n) is 13.6. The van der Waals surface area contributed by atoms with E-state index < -0.39 is 18.0 Å². The van der Waals surface area contributed by atoms with Crippen LogP contribution in [0.5, 0.6) is 11.8 Å². The van der Waals surface area contributed by atoms with E-state index in [2.05, 4.69) is 23.2 Å². The van der Waals surface area contributed by atoms with E-state index >= 15 is 0 Å². The third-order valence-electron chi connectivity index (χ3n) is 9.81. The molecule has 4 aromatic carbocycles. The van der Waals surface area contributed by atoms with Gasteiger partial charge in [0.05, 0.1) is 45.3 Å². The van der Waals surface area contributed by atoms with Gasteiger partial charge in [0.1, 0.15) is 18.2 Å². The number of aryl methyl sites for hydroxylation is 3. The summed E-state index contributed by atoms with van der Waals surface area (Å²) in [6.07, 6.45) is 4.80. The summed E-state index contributed by atoms with van der Waals surface area (Å²) >= 11 is 20.8. The Morgan fingerprint density at radius 2 is 1.44 bits per heavy atom. The molecule has 1 aliphatic carbocycles. The van der Waals surface area contributed by atoms with Crippen LogP contribution in [0.3, 0.4) is 0 Å². The number of ether oxygens (including phenoxy) is 2. The van der Waals surface area contributed by atoms with Crippen LogP contribution in [-0.2, 0) is 37.3 Å². The van der Waals surface area contributed by atoms with E-state index in [1.165, 1.54) is 37.0 Å². The standard InChI is InChI=1S/C43H36Cl3N3O5/c1-43(25-50,42(51)52)15-14-32-20-37(44)41(49-40(32)53-23-28-17-26(21-47)16-27(18-28)22-48)54-24-33-8-4-10-35(38(33)45)36-11-5-9-34(39(36)46)31-13-12-29-6-2-3-7-30(29)19-31/h4-5,8-13,16-20,50H,2-3,6-7,14-15,23-25H2,1H3,(H,51,52)/t43-/m0/s1. The van der Waals surface area contributed by atoms with Gasteiger partial charge in [-0.25, -0.2) is 0 Å². The smallest absolute Gasteiger partial charge is 0.311 e. The largest absolute Gasteiger partial charge is 0.481 e. The van der Waals surface area contributed by atoms with Crippen LogP contribution >= 0.6 is 34.8 Å². The first-order chi connectivity index (χ1) is 26.0. The van der Waals surface area contributed by atoms with Crippen molar-refractivity contribution in [2.75, 3.05) is 6.61 Å². The number of nitriles is 2. The first-order valence-corrected chi connectivity index (χ1v) is 18.6. The molecule has 1 heterocycles. The minimum atomic E-state index is -1.41. The Hall–Kier alpha value is -5.09. The molecule has 0 bridgehead atoms. The van der Waals surface area contributed by atoms with Gasteiger partial charge >= 0.3 is 5.97 Å². The fraction of sp³-hybridized carbons (Fsp3) is 0.256. The number of rotatable bonds is 13. The summed E-state index contributed by atoms with van der Waals surface area (Å²) in [5.41, 5.74) is 7.17. The highest BCUT2D eigenvalue weighted by molar-refractivity contribution is 6.38. The molecular formula is C43H36Cl3N3O5. The number of halogens is 3. The van der Waals surface area contributed by atoms with E-state index in [0.717, 1.165) is 35.1 Å². The van der Waals surface area contributed by atoms with Gasteiger partial charge in [0.2, 0.25) is 11.8 Å². The molecule has 6 rings (SSSR count). The molecule has 0 aliphatic heterocycles. The molecule has 0 amide bonds. The number of carboxylic acid groups (broad SMARTS) is 1. The van der Waals surface area contributed by atoms with Crippen LogP contribution in [0, 0.1) is 28.1 Å². The van der Waals surface area contributed by atoms with E-state index in [1.54, 1.807) is 18.2 Å². The summed E-state index contributed by atoms with van der Waals surface area (Å²) in [6.45, 7) is 0.828. The summed E-state index contributed by atoms with van der Waals surface area (Å²) < 4.78 is 12.2. The number of fused-ring (bicyclic) bond motifs is 1. The molecule has 0 unspecified atom stereocenters. The minimum Gasteiger partial charge on any atom is -0.481 e. The van der Waals surface area contributed by atoms with Crippen molar-refractivity contribution in [3.05, 3.63) is 133 Å². The Labute approximate surface area is 329 Å². The average Bonchev–Trinajstić information content (AvgIpc) is 3.19. The lowest BCUT2D eigenvalue weighted by molar-refractivity contribution is -0.150. The lowest BCUT2D eigenvalue weighted by Crippen LogP contribution is -2.32. The first-order valence-electron chi connectivity index (χ1n) is 17.5. The Balaban J connectivity index is 1.27. The number of aliphatic hydroxyl groups excluding tert-OH is 1. The predicted molar refractivity (Wildman–Crippen MR) is 209 cm³/mol. The van der Waals surface area contributed by atoms with E-state index in [-0.39, 0.29) is 42.8 Å². The lowest BCUT2D eigenvalue weighted by Gasteiger charge is -2.22. The van der Waals surface area contributed by atoms with E-state index in [9.17, 15) is 25.5 Å². The quantitative estimate of drug-likeness (QED) is 0.121. The van der Waals surface area contributed by atoms with Crippen LogP contribution in [0.2, 0.25) is 15.1 Å². The summed E-state index contributed by atoms with van der Waals surface area (Å²) in [7, 11) is 0. The Morgan fingerprint density at radius 1 is 0.796 bits per heavy atom. The van der Waals surface area contributed by atoms with Crippen molar-refractivity contribution in [2.45, 2.75) is 58.7 Å². The highest BCUT2D eigenvalue weighted by atomic mass is 35.5. The highest BCUT2D eigenvalue weighted by Gasteiger charge is 2.32. The number of carbonyl (C=O) groups is 1. The van der Waals surface area contributed by atoms with Gasteiger partial charge < -0.3 is 19.7 Å². The van der Waals surface area contributed by atoms with Crippen molar-refractivity contribution < 1.29 is 24.5 Å². The average molecular weight is 781 g/mol. The minimum absolute atomic E-state index is 0.00233. The second kappa shape index (κ2) is 16.9. The maximum absolute atomic E-state index is 11.9. The molecule has 274 valence electrons. The fourth-order valence-corrected chi connectivity index (χ4v) is 7.38. The van der Waals surface area contributed by atoms with Gasteiger partial charge in [0.15, 0.2) is 0 Å². The van der Waals surface area contributed by atoms with Gasteiger partial charge in [-0.3, -0.25) is 4.79 Å². The molecule has 8 nitrogen and oxygen atoms in total. The number of benzene rings is 4. The molecule has 1 aromatic heterocycles. The van der Waals surface area contributed by atoms with Gasteiger partial charge in [0, 0.05) is 27.8 Å². The van der Waals surface area contributed by atoms with Gasteiger partial charge in [-0.05, 0) is 92.0 Å². The number of aliphatic hydroxyl groups is 1. The Morgan fingerprint density at radius 3 is 2.13 bits per heavy atom. The van der Waals surface area contributed by atoms with Crippen LogP contribution in [-0.4, -0.2) is 27.8 Å². The second-order valence-corrected chi connectivity index (χ2v) is 14.8. The molecule has 0 radical (unpaired) electrons. The Bertz CT molecular complexity index is 2280. The molecule has 0 saturated heterocycles. The number of carboxylic acids is 1. The van der Waals surface area contributed by atoms with Crippen molar-refractivity contribution in [3.8, 4) is 46.2 Å². The zero-order valence-corrected chi connectivity index (χ0v) is 31.7. The highest BCUT2D eigenvalue weighted by Crippen LogP contribution is 2.41. The van der Waals surface area contributed by atoms with Crippen molar-refractivity contribution in [3.63, 3.8) is 0 Å². The van der Waals surface area contributed by atoms with Crippen molar-refractivity contribution in [1.82, 2.24) is 4.98 Å². The maximum atomic E-state index is 11.9. The van der Waals surface area contributed by atoms with Crippen LogP contribution in [0.4, 0.5) is 0 Å². The van der Waals surface area contributed by atoms with Crippen molar-refractivity contribution in [2.24, 2.45) is 5.41 Å². The molecule has 11 heteroatoms. The first kappa shape index (κ1) is 38.6. The number of hydrogen-bond acceptors (Lipinski definition) is 7. The Kier molecular flexibility index (Phi) is 12.1. The molecule has 0 spiro atoms. The van der Waals surface area contributed by atoms with Crippen LogP contribution in [0.25, 0.3) is 22.3 Å². The summed E-state index contributed by atoms with van der Waals surface area (Å²) in [6, 6.07) is 28.5. The van der Waals surface area contributed by atoms with Gasteiger partial charge in [0.25, 0.3) is 0 Å². The normalized spacial score (nSPS) is 13.2. The number of pyridine rings is 1. The maximum Gasteiger partial charge on any atom is 0.311 e. The van der Waals surface area contributed by atoms with E-state index in [4.69, 9.17) is 44.3 Å². The van der Waals surface area contributed by atoms with Gasteiger partial charge in [-0.15, -0.1) is 0 Å². The van der Waals surface area contributed by atoms with Crippen molar-refractivity contribution >= 4 is 40.8 Å². The molecule has 1 aliphatic rings. The zero-order valence-electron chi connectivity index (χ0n) is 29.5. The SMILES string of the molecule is C[C@@](CO)(CCc1cc(Cl)c(OCc2cccc(-c3cccc(-c4ccc5c(c4)CCCC5)c3Cl)c2Cl)nc1OCc1cc(C#N)cc(C#N)c1)C(=O)O. The fourth-order valence-electron chi connectivity index (χ4n) is 6.53. The van der Waals surface area contributed by atoms with Crippen LogP contribution < -0.4 is 9.47 Å². The monoisotopic (exact) mass is 779 g/mol. The molecule has 1 atom stereocenters. The lowest BCUT2D eigenvalue weighted by atomic mass is 9.85. The summed E-state index contributed by atoms with van der Waals surface area (Å²) in [5, 5.41) is 39.6. The molecule has 5 aromatic rings. The predicted octanol–water partition coefficient (Wildman–Crippen LogP) is 10.2. The van der Waals surface area contributed by atoms with E-state index in [1.807, 2.05) is 48.5 Å². The summed E-state index contributed by atoms with van der Waals surface area (Å²) in [5.74, 6) is -0.975. The molecule has 54 heavy (non-hydrogen) atoms. The van der Waals surface area contributed by atoms with Gasteiger partial charge in [-0.1, -0.05) is 89.4 Å². The topological polar surface area (TPSA) is 136 Å². The number of nitrogens with zero attached hydrogens (tertiary/aromatic N) is 3. The zero-order chi connectivity index (χ0) is 38.4. The molecule has 2 N–H and O–H groups in total.